The second-order valence-electron chi connectivity index (χ2n) is 8.28. The summed E-state index contributed by atoms with van der Waals surface area (Å²) in [5, 5.41) is 15.9. The van der Waals surface area contributed by atoms with Crippen molar-refractivity contribution in [2.75, 3.05) is 19.6 Å². The molecule has 1 aromatic carbocycles. The second-order valence-corrected chi connectivity index (χ2v) is 8.28. The number of carbonyl (C=O) groups is 1. The fourth-order valence-electron chi connectivity index (χ4n) is 4.47. The van der Waals surface area contributed by atoms with E-state index in [4.69, 9.17) is 0 Å². The van der Waals surface area contributed by atoms with Crippen LogP contribution in [0.15, 0.2) is 30.5 Å². The monoisotopic (exact) mass is 423 g/mol. The summed E-state index contributed by atoms with van der Waals surface area (Å²) in [5.41, 5.74) is 4.90. The molecule has 1 fully saturated rings. The van der Waals surface area contributed by atoms with Crippen molar-refractivity contribution < 1.29 is 9.18 Å². The summed E-state index contributed by atoms with van der Waals surface area (Å²) < 4.78 is 15.2. The van der Waals surface area contributed by atoms with Crippen molar-refractivity contribution in [3.63, 3.8) is 0 Å². The van der Waals surface area contributed by atoms with Gasteiger partial charge in [0, 0.05) is 56.7 Å². The largest absolute Gasteiger partial charge is 0.343 e. The maximum atomic E-state index is 13.3. The third-order valence-electron chi connectivity index (χ3n) is 6.20. The number of nitrogens with one attached hydrogen (secondary N) is 1. The lowest BCUT2D eigenvalue weighted by Gasteiger charge is -2.27. The summed E-state index contributed by atoms with van der Waals surface area (Å²) in [7, 11) is 0. The van der Waals surface area contributed by atoms with Gasteiger partial charge in [-0.3, -0.25) is 14.8 Å². The highest BCUT2D eigenvalue weighted by Crippen LogP contribution is 2.25. The van der Waals surface area contributed by atoms with E-state index in [1.165, 1.54) is 12.1 Å². The molecule has 8 nitrogen and oxygen atoms in total. The third kappa shape index (κ3) is 4.23. The molecule has 9 heteroatoms. The van der Waals surface area contributed by atoms with Crippen LogP contribution in [0.5, 0.6) is 0 Å². The molecule has 1 N–H and O–H groups in total. The number of benzene rings is 1. The number of aromatic amines is 1. The summed E-state index contributed by atoms with van der Waals surface area (Å²) in [6.45, 7) is 4.85. The van der Waals surface area contributed by atoms with Crippen LogP contribution in [-0.2, 0) is 30.8 Å². The molecule has 5 rings (SSSR count). The lowest BCUT2D eigenvalue weighted by atomic mass is 10.1. The van der Waals surface area contributed by atoms with Gasteiger partial charge in [0.05, 0.1) is 29.8 Å². The van der Waals surface area contributed by atoms with E-state index in [0.29, 0.717) is 12.8 Å². The molecule has 1 amide bonds. The molecule has 0 saturated carbocycles. The first-order chi connectivity index (χ1) is 15.2. The fraction of sp³-hybridized carbons (Fsp3) is 0.455. The number of nitrogens with zero attached hydrogens (tertiary/aromatic N) is 6. The van der Waals surface area contributed by atoms with Crippen molar-refractivity contribution in [3.8, 4) is 11.3 Å². The number of carbonyl (C=O) groups excluding carboxylic acids is 1. The van der Waals surface area contributed by atoms with Gasteiger partial charge in [-0.25, -0.2) is 9.07 Å². The van der Waals surface area contributed by atoms with Gasteiger partial charge in [0.15, 0.2) is 0 Å². The zero-order valence-corrected chi connectivity index (χ0v) is 17.4. The Morgan fingerprint density at radius 1 is 1.10 bits per heavy atom. The van der Waals surface area contributed by atoms with Crippen LogP contribution < -0.4 is 0 Å². The second kappa shape index (κ2) is 8.58. The van der Waals surface area contributed by atoms with Crippen LogP contribution in [0.2, 0.25) is 0 Å². The van der Waals surface area contributed by atoms with Crippen LogP contribution in [0.4, 0.5) is 4.39 Å². The standard InChI is InChI=1S/C22H26FN7O/c23-18-5-3-16(4-6-18)22-17(13-24-26-22)14-28-11-12-30-20(15-28)19(25-27-30)7-8-21(31)29-9-1-2-10-29/h3-6,13H,1-2,7-12,14-15H2,(H,24,26). The lowest BCUT2D eigenvalue weighted by Crippen LogP contribution is -2.34. The lowest BCUT2D eigenvalue weighted by molar-refractivity contribution is -0.130. The maximum Gasteiger partial charge on any atom is 0.222 e. The van der Waals surface area contributed by atoms with Crippen molar-refractivity contribution in [1.29, 1.82) is 0 Å². The van der Waals surface area contributed by atoms with Gasteiger partial charge in [-0.1, -0.05) is 5.21 Å². The van der Waals surface area contributed by atoms with Gasteiger partial charge in [0.25, 0.3) is 0 Å². The number of aromatic nitrogens is 5. The van der Waals surface area contributed by atoms with Gasteiger partial charge < -0.3 is 4.90 Å². The van der Waals surface area contributed by atoms with Gasteiger partial charge in [0.2, 0.25) is 5.91 Å². The predicted octanol–water partition coefficient (Wildman–Crippen LogP) is 2.38. The third-order valence-corrected chi connectivity index (χ3v) is 6.20. The van der Waals surface area contributed by atoms with Gasteiger partial charge in [-0.15, -0.1) is 5.10 Å². The van der Waals surface area contributed by atoms with Crippen LogP contribution in [0, 0.1) is 5.82 Å². The molecule has 0 atom stereocenters. The van der Waals surface area contributed by atoms with E-state index in [2.05, 4.69) is 25.4 Å². The van der Waals surface area contributed by atoms with Gasteiger partial charge in [-0.05, 0) is 37.1 Å². The highest BCUT2D eigenvalue weighted by atomic mass is 19.1. The van der Waals surface area contributed by atoms with Crippen molar-refractivity contribution in [2.24, 2.45) is 0 Å². The number of fused-ring (bicyclic) bond motifs is 1. The van der Waals surface area contributed by atoms with Crippen LogP contribution in [0.3, 0.4) is 0 Å². The number of aryl methyl sites for hydroxylation is 1. The smallest absolute Gasteiger partial charge is 0.222 e. The molecular weight excluding hydrogens is 397 g/mol. The van der Waals surface area contributed by atoms with E-state index in [1.807, 2.05) is 15.8 Å². The summed E-state index contributed by atoms with van der Waals surface area (Å²) in [4.78, 5) is 16.7. The zero-order valence-electron chi connectivity index (χ0n) is 17.4. The molecule has 3 aromatic rings. The van der Waals surface area contributed by atoms with Crippen LogP contribution in [0.25, 0.3) is 11.3 Å². The van der Waals surface area contributed by atoms with Crippen LogP contribution in [0.1, 0.15) is 36.2 Å². The Morgan fingerprint density at radius 3 is 2.71 bits per heavy atom. The highest BCUT2D eigenvalue weighted by molar-refractivity contribution is 5.76. The first kappa shape index (κ1) is 19.9. The van der Waals surface area contributed by atoms with E-state index in [1.54, 1.807) is 12.1 Å². The van der Waals surface area contributed by atoms with E-state index in [0.717, 1.165) is 80.3 Å². The molecule has 4 heterocycles. The average molecular weight is 423 g/mol. The summed E-state index contributed by atoms with van der Waals surface area (Å²) >= 11 is 0. The van der Waals surface area contributed by atoms with Gasteiger partial charge in [-0.2, -0.15) is 5.10 Å². The number of H-pyrrole nitrogens is 1. The van der Waals surface area contributed by atoms with E-state index in [9.17, 15) is 9.18 Å². The first-order valence-electron chi connectivity index (χ1n) is 10.9. The minimum absolute atomic E-state index is 0.217. The Labute approximate surface area is 180 Å². The number of hydrogen-bond acceptors (Lipinski definition) is 5. The normalized spacial score (nSPS) is 16.6. The van der Waals surface area contributed by atoms with E-state index < -0.39 is 0 Å². The van der Waals surface area contributed by atoms with Crippen molar-refractivity contribution in [3.05, 3.63) is 53.2 Å². The molecule has 2 aromatic heterocycles. The summed E-state index contributed by atoms with van der Waals surface area (Å²) in [6, 6.07) is 6.44. The van der Waals surface area contributed by atoms with Crippen molar-refractivity contribution in [1.82, 2.24) is 35.0 Å². The molecule has 1 saturated heterocycles. The van der Waals surface area contributed by atoms with Crippen molar-refractivity contribution >= 4 is 5.91 Å². The molecule has 0 radical (unpaired) electrons. The fourth-order valence-corrected chi connectivity index (χ4v) is 4.47. The molecule has 0 aliphatic carbocycles. The topological polar surface area (TPSA) is 82.9 Å². The number of likely N-dealkylation sites (tertiary alicyclic amines) is 1. The molecule has 0 unspecified atom stereocenters. The Bertz CT molecular complexity index is 1050. The number of halogens is 1. The molecule has 2 aliphatic heterocycles. The highest BCUT2D eigenvalue weighted by Gasteiger charge is 2.24. The predicted molar refractivity (Wildman–Crippen MR) is 112 cm³/mol. The van der Waals surface area contributed by atoms with E-state index in [-0.39, 0.29) is 11.7 Å². The molecular formula is C22H26FN7O. The number of rotatable bonds is 6. The Morgan fingerprint density at radius 2 is 1.90 bits per heavy atom. The Kier molecular flexibility index (Phi) is 5.50. The molecule has 2 aliphatic rings. The average Bonchev–Trinajstić information content (AvgIpc) is 3.54. The number of amides is 1. The van der Waals surface area contributed by atoms with Gasteiger partial charge >= 0.3 is 0 Å². The summed E-state index contributed by atoms with van der Waals surface area (Å²) in [6.07, 6.45) is 5.16. The number of hydrogen-bond donors (Lipinski definition) is 1. The molecule has 31 heavy (non-hydrogen) atoms. The minimum Gasteiger partial charge on any atom is -0.343 e. The quantitative estimate of drug-likeness (QED) is 0.658. The molecule has 0 bridgehead atoms. The Hall–Kier alpha value is -3.07. The minimum atomic E-state index is -0.252. The van der Waals surface area contributed by atoms with Crippen LogP contribution >= 0.6 is 0 Å². The van der Waals surface area contributed by atoms with Crippen LogP contribution in [-0.4, -0.2) is 60.5 Å². The van der Waals surface area contributed by atoms with Gasteiger partial charge in [0.1, 0.15) is 5.82 Å². The first-order valence-corrected chi connectivity index (χ1v) is 10.9. The van der Waals surface area contributed by atoms with Crippen molar-refractivity contribution in [2.45, 2.75) is 45.3 Å². The zero-order chi connectivity index (χ0) is 21.2. The Balaban J connectivity index is 1.25. The maximum absolute atomic E-state index is 13.3. The summed E-state index contributed by atoms with van der Waals surface area (Å²) in [5.74, 6) is -0.0356. The molecule has 0 spiro atoms. The molecule has 162 valence electrons. The van der Waals surface area contributed by atoms with E-state index >= 15 is 0 Å². The SMILES string of the molecule is O=C(CCc1nnn2c1CN(Cc1cn[nH]c1-c1ccc(F)cc1)CC2)N1CCCC1.